The van der Waals surface area contributed by atoms with Crippen molar-refractivity contribution in [3.63, 3.8) is 0 Å². The molecule has 0 radical (unpaired) electrons. The number of nitrogens with zero attached hydrogens (tertiary/aromatic N) is 7. The minimum atomic E-state index is -5.44. The average Bonchev–Trinajstić information content (AvgIpc) is 3.83. The standard InChI is InChI=1S/C31H45N9O18P2/c1-4-5-6-20(42)38(3)16(10-52-9-15(2)41)30(45)57-24-17(55-29(22(24)43)40-14-36-21-26(33)34-13-35-27(21)40)12-54-60(50,51)58-25-18(11-53-59(47,48)49)56-28(23(25)44)39-8-7-19(32)37-31(39)46/h4,7-8,13-18,22-25,28-29,41,43-44H,1,5-6,9-12H2,2-3H3,(H,50,51)(H2,32,37,46)(H2,33,34,35)(H2,47,48,49)/t15-,16+,17-,18-,22-,23-,24-,25-,28-,29-/m1/s1. The molecule has 0 spiro atoms. The van der Waals surface area contributed by atoms with Gasteiger partial charge in [0.05, 0.1) is 38.9 Å². The molecule has 1 unspecified atom stereocenters. The van der Waals surface area contributed by atoms with Crippen molar-refractivity contribution in [1.29, 1.82) is 0 Å². The van der Waals surface area contributed by atoms with Crippen LogP contribution in [0.2, 0.25) is 0 Å². The highest BCUT2D eigenvalue weighted by atomic mass is 31.2. The quantitative estimate of drug-likeness (QED) is 0.0329. The van der Waals surface area contributed by atoms with Crippen LogP contribution in [0.3, 0.4) is 0 Å². The molecule has 2 aliphatic rings. The number of hydrogen-bond acceptors (Lipinski definition) is 21. The van der Waals surface area contributed by atoms with Crippen molar-refractivity contribution in [1.82, 2.24) is 34.0 Å². The van der Waals surface area contributed by atoms with Crippen LogP contribution < -0.4 is 17.2 Å². The maximum Gasteiger partial charge on any atom is 0.472 e. The molecule has 0 aliphatic carbocycles. The summed E-state index contributed by atoms with van der Waals surface area (Å²) in [6, 6.07) is -0.284. The number of nitrogen functional groups attached to an aromatic ring is 2. The van der Waals surface area contributed by atoms with Gasteiger partial charge in [-0.15, -0.1) is 6.58 Å². The van der Waals surface area contributed by atoms with Gasteiger partial charge in [0.1, 0.15) is 48.2 Å². The number of rotatable bonds is 20. The van der Waals surface area contributed by atoms with Gasteiger partial charge < -0.3 is 65.3 Å². The zero-order valence-electron chi connectivity index (χ0n) is 31.9. The Balaban J connectivity index is 1.41. The summed E-state index contributed by atoms with van der Waals surface area (Å²) >= 11 is 0. The van der Waals surface area contributed by atoms with Crippen LogP contribution in [0, 0.1) is 0 Å². The molecule has 29 heteroatoms. The number of likely N-dealkylation sites (N-methyl/N-ethyl adjacent to an activating group) is 1. The van der Waals surface area contributed by atoms with Crippen LogP contribution in [0.5, 0.6) is 0 Å². The highest BCUT2D eigenvalue weighted by Gasteiger charge is 2.52. The number of carbonyl (C=O) groups is 2. The summed E-state index contributed by atoms with van der Waals surface area (Å²) in [7, 11) is -9.31. The maximum atomic E-state index is 13.8. The molecule has 3 aromatic rings. The monoisotopic (exact) mass is 893 g/mol. The summed E-state index contributed by atoms with van der Waals surface area (Å²) in [4.78, 5) is 85.5. The van der Waals surface area contributed by atoms with Crippen molar-refractivity contribution < 1.29 is 81.2 Å². The smallest absolute Gasteiger partial charge is 0.455 e. The highest BCUT2D eigenvalue weighted by molar-refractivity contribution is 7.47. The number of aliphatic hydroxyl groups excluding tert-OH is 3. The topological polar surface area (TPSA) is 388 Å². The Morgan fingerprint density at radius 3 is 2.32 bits per heavy atom. The molecule has 0 saturated carbocycles. The van der Waals surface area contributed by atoms with Crippen LogP contribution in [-0.4, -0.2) is 158 Å². The molecule has 27 nitrogen and oxygen atoms in total. The normalized spacial score (nSPS) is 26.4. The van der Waals surface area contributed by atoms with Crippen LogP contribution in [0.25, 0.3) is 11.2 Å². The molecule has 2 saturated heterocycles. The second-order valence-electron chi connectivity index (χ2n) is 13.5. The second-order valence-corrected chi connectivity index (χ2v) is 16.1. The van der Waals surface area contributed by atoms with Gasteiger partial charge in [-0.2, -0.15) is 4.98 Å². The number of aromatic nitrogens is 6. The van der Waals surface area contributed by atoms with Crippen LogP contribution in [-0.2, 0) is 51.2 Å². The first-order valence-corrected chi connectivity index (χ1v) is 20.9. The van der Waals surface area contributed by atoms with E-state index in [9.17, 15) is 53.5 Å². The molecule has 10 N–H and O–H groups in total. The van der Waals surface area contributed by atoms with Gasteiger partial charge in [-0.25, -0.2) is 33.7 Å². The maximum absolute atomic E-state index is 13.8. The van der Waals surface area contributed by atoms with Crippen LogP contribution in [0.1, 0.15) is 32.2 Å². The van der Waals surface area contributed by atoms with E-state index in [4.69, 9.17) is 39.5 Å². The fraction of sp³-hybridized carbons (Fsp3) is 0.581. The summed E-state index contributed by atoms with van der Waals surface area (Å²) in [6.45, 7) is 2.29. The number of imidazole rings is 1. The summed E-state index contributed by atoms with van der Waals surface area (Å²) < 4.78 is 64.6. The van der Waals surface area contributed by atoms with Crippen LogP contribution in [0.4, 0.5) is 11.6 Å². The predicted octanol–water partition coefficient (Wildman–Crippen LogP) is -2.52. The molecule has 1 amide bonds. The van der Waals surface area contributed by atoms with E-state index in [2.05, 4.69) is 31.0 Å². The molecular formula is C31H45N9O18P2. The Bertz CT molecular complexity index is 2150. The number of hydrogen-bond donors (Lipinski definition) is 8. The Morgan fingerprint density at radius 1 is 1.02 bits per heavy atom. The first-order chi connectivity index (χ1) is 28.2. The van der Waals surface area contributed by atoms with Gasteiger partial charge in [-0.1, -0.05) is 6.08 Å². The lowest BCUT2D eigenvalue weighted by Gasteiger charge is -2.29. The number of allylic oxidation sites excluding steroid dienone is 1. The van der Waals surface area contributed by atoms with Crippen molar-refractivity contribution in [2.45, 2.75) is 81.0 Å². The van der Waals surface area contributed by atoms with Gasteiger partial charge in [0.15, 0.2) is 36.1 Å². The lowest BCUT2D eigenvalue weighted by molar-refractivity contribution is -0.168. The van der Waals surface area contributed by atoms with Gasteiger partial charge in [-0.05, 0) is 19.4 Å². The van der Waals surface area contributed by atoms with Gasteiger partial charge in [0, 0.05) is 19.7 Å². The van der Waals surface area contributed by atoms with E-state index in [-0.39, 0.29) is 42.2 Å². The van der Waals surface area contributed by atoms with Gasteiger partial charge in [-0.3, -0.25) is 27.5 Å². The molecule has 5 rings (SSSR count). The Labute approximate surface area is 339 Å². The van der Waals surface area contributed by atoms with Gasteiger partial charge in [0.25, 0.3) is 0 Å². The van der Waals surface area contributed by atoms with Gasteiger partial charge in [0.2, 0.25) is 5.91 Å². The van der Waals surface area contributed by atoms with Crippen molar-refractivity contribution in [2.75, 3.05) is 44.9 Å². The number of aliphatic hydroxyl groups is 3. The number of carbonyl (C=O) groups excluding carboxylic acids is 2. The summed E-state index contributed by atoms with van der Waals surface area (Å²) in [5.41, 5.74) is 10.6. The van der Waals surface area contributed by atoms with E-state index < -0.39 is 114 Å². The molecule has 0 bridgehead atoms. The molecular weight excluding hydrogens is 848 g/mol. The number of ether oxygens (including phenoxy) is 4. The van der Waals surface area contributed by atoms with E-state index in [1.54, 1.807) is 0 Å². The van der Waals surface area contributed by atoms with E-state index >= 15 is 0 Å². The molecule has 2 fully saturated rings. The Kier molecular flexibility index (Phi) is 15.3. The fourth-order valence-electron chi connectivity index (χ4n) is 6.12. The zero-order chi connectivity index (χ0) is 44.1. The number of phosphoric ester groups is 2. The SMILES string of the molecule is C=CCCC(=O)N(C)[C@@H](COC[C@@H](C)O)C(=O)O[C@H]1[C@@H](O)[C@H](n2cnc3c(N)ncnc32)O[C@@H]1COP(=O)(O)O[C@H]1[C@@H](O)[C@H](n2ccc(N)nc2=O)O[C@@H]1COP(=O)(O)O. The third-order valence-corrected chi connectivity index (χ3v) is 10.5. The van der Waals surface area contributed by atoms with E-state index in [1.165, 1.54) is 30.9 Å². The van der Waals surface area contributed by atoms with Gasteiger partial charge >= 0.3 is 27.3 Å². The number of esters is 1. The van der Waals surface area contributed by atoms with Crippen LogP contribution in [0.15, 0.2) is 42.4 Å². The van der Waals surface area contributed by atoms with Crippen molar-refractivity contribution in [2.24, 2.45) is 0 Å². The molecule has 0 aromatic carbocycles. The lowest BCUT2D eigenvalue weighted by Crippen LogP contribution is -2.49. The van der Waals surface area contributed by atoms with E-state index in [0.717, 1.165) is 28.1 Å². The highest BCUT2D eigenvalue weighted by Crippen LogP contribution is 2.50. The van der Waals surface area contributed by atoms with Crippen LogP contribution >= 0.6 is 15.6 Å². The number of anilines is 2. The summed E-state index contributed by atoms with van der Waals surface area (Å²) in [5, 5.41) is 32.5. The molecule has 60 heavy (non-hydrogen) atoms. The Hall–Kier alpha value is -4.31. The van der Waals surface area contributed by atoms with Crippen molar-refractivity contribution in [3.8, 4) is 0 Å². The minimum Gasteiger partial charge on any atom is -0.455 e. The largest absolute Gasteiger partial charge is 0.472 e. The molecule has 332 valence electrons. The number of phosphoric acid groups is 2. The average molecular weight is 894 g/mol. The second kappa shape index (κ2) is 19.6. The predicted molar refractivity (Wildman–Crippen MR) is 199 cm³/mol. The molecule has 2 aliphatic heterocycles. The Morgan fingerprint density at radius 2 is 1.67 bits per heavy atom. The van der Waals surface area contributed by atoms with E-state index in [0.29, 0.717) is 0 Å². The lowest BCUT2D eigenvalue weighted by atomic mass is 10.1. The van der Waals surface area contributed by atoms with E-state index in [1.807, 2.05) is 0 Å². The molecule has 11 atom stereocenters. The third kappa shape index (κ3) is 11.3. The number of nitrogens with two attached hydrogens (primary N) is 2. The first kappa shape index (κ1) is 46.8. The first-order valence-electron chi connectivity index (χ1n) is 17.8. The number of amides is 1. The summed E-state index contributed by atoms with van der Waals surface area (Å²) in [5.74, 6) is -1.86. The molecule has 3 aromatic heterocycles. The van der Waals surface area contributed by atoms with Crippen molar-refractivity contribution >= 4 is 50.3 Å². The fourth-order valence-corrected chi connectivity index (χ4v) is 7.42. The minimum absolute atomic E-state index is 0.0287. The number of fused-ring (bicyclic) bond motifs is 1. The molecule has 5 heterocycles. The third-order valence-electron chi connectivity index (χ3n) is 9.05. The zero-order valence-corrected chi connectivity index (χ0v) is 33.7. The van der Waals surface area contributed by atoms with Crippen molar-refractivity contribution in [3.05, 3.63) is 48.1 Å². The summed E-state index contributed by atoms with van der Waals surface area (Å²) in [6.07, 6.45) is -9.93.